The molecule has 9 N–H and O–H groups in total. The second kappa shape index (κ2) is 14.0. The van der Waals surface area contributed by atoms with Crippen molar-refractivity contribution in [2.75, 3.05) is 10.6 Å². The Bertz CT molecular complexity index is 1820. The molecule has 2 unspecified atom stereocenters. The summed E-state index contributed by atoms with van der Waals surface area (Å²) < 4.78 is 32.0. The van der Waals surface area contributed by atoms with Crippen LogP contribution in [0, 0.1) is 0 Å². The summed E-state index contributed by atoms with van der Waals surface area (Å²) in [7, 11) is -4.91. The van der Waals surface area contributed by atoms with Crippen molar-refractivity contribution < 1.29 is 42.4 Å². The molecule has 0 saturated heterocycles. The highest BCUT2D eigenvalue weighted by Crippen LogP contribution is 2.22. The van der Waals surface area contributed by atoms with E-state index in [1.165, 1.54) is 41.2 Å². The van der Waals surface area contributed by atoms with Gasteiger partial charge in [0.05, 0.1) is 18.4 Å². The standard InChI is InChI=1S/C19H21N7O9S.C10H8/c20-19(36(33,34)35)25-15-14(17(30)26-19)23-11(8-22-15)7-21-10-3-1-9(2-4-10)16(29)24-12(18(31)32)5-6-13(27)28;1-2-6-10-8-4-3-7-9(10)5-1/h1-4,8,12,21H,5-7,20H2,(H,22,25)(H,24,29)(H,26,30)(H,27,28)(H,31,32)(H,33,34,35);1-8H. The molecule has 2 heterocycles. The molecule has 4 aromatic rings. The van der Waals surface area contributed by atoms with Crippen molar-refractivity contribution >= 4 is 56.1 Å². The molecule has 1 aliphatic heterocycles. The minimum absolute atomic E-state index is 0.0709. The van der Waals surface area contributed by atoms with Crippen LogP contribution in [-0.4, -0.2) is 68.1 Å². The number of amides is 2. The minimum Gasteiger partial charge on any atom is -0.481 e. The number of anilines is 2. The summed E-state index contributed by atoms with van der Waals surface area (Å²) in [5, 5.41) is 27.2. The normalized spacial score (nSPS) is 16.0. The Labute approximate surface area is 261 Å². The highest BCUT2D eigenvalue weighted by atomic mass is 32.2. The number of carbonyl (C=O) groups excluding carboxylic acids is 2. The molecular weight excluding hydrogens is 622 g/mol. The fraction of sp³-hybridized carbons (Fsp3) is 0.172. The number of nitrogens with one attached hydrogen (secondary N) is 4. The van der Waals surface area contributed by atoms with Gasteiger partial charge in [0.15, 0.2) is 11.5 Å². The van der Waals surface area contributed by atoms with Crippen LogP contribution < -0.4 is 27.0 Å². The van der Waals surface area contributed by atoms with E-state index >= 15 is 0 Å². The number of carboxylic acid groups (broad SMARTS) is 2. The number of nitrogens with two attached hydrogens (primary N) is 1. The average Bonchev–Trinajstić information content (AvgIpc) is 3.02. The number of benzene rings is 3. The molecule has 0 saturated carbocycles. The summed E-state index contributed by atoms with van der Waals surface area (Å²) >= 11 is 0. The van der Waals surface area contributed by atoms with Crippen molar-refractivity contribution in [2.24, 2.45) is 5.73 Å². The number of aliphatic carboxylic acids is 2. The molecule has 16 nitrogen and oxygen atoms in total. The topological polar surface area (TPSA) is 263 Å². The molecule has 2 amide bonds. The molecule has 0 aliphatic carbocycles. The first-order valence-corrected chi connectivity index (χ1v) is 15.0. The summed E-state index contributed by atoms with van der Waals surface area (Å²) in [5.41, 5.74) is 6.18. The highest BCUT2D eigenvalue weighted by molar-refractivity contribution is 7.87. The molecule has 5 rings (SSSR count). The summed E-state index contributed by atoms with van der Waals surface area (Å²) in [6.45, 7) is 0.0709. The molecule has 0 bridgehead atoms. The van der Waals surface area contributed by atoms with Crippen molar-refractivity contribution in [3.8, 4) is 0 Å². The van der Waals surface area contributed by atoms with Gasteiger partial charge in [-0.3, -0.25) is 24.7 Å². The van der Waals surface area contributed by atoms with Gasteiger partial charge in [-0.15, -0.1) is 0 Å². The van der Waals surface area contributed by atoms with Gasteiger partial charge in [0.1, 0.15) is 6.04 Å². The smallest absolute Gasteiger partial charge is 0.326 e. The monoisotopic (exact) mass is 651 g/mol. The van der Waals surface area contributed by atoms with Gasteiger partial charge in [-0.05, 0) is 41.5 Å². The van der Waals surface area contributed by atoms with Gasteiger partial charge >= 0.3 is 22.1 Å². The van der Waals surface area contributed by atoms with E-state index in [9.17, 15) is 32.1 Å². The third kappa shape index (κ3) is 8.29. The number of hydrogen-bond donors (Lipinski definition) is 8. The molecule has 17 heteroatoms. The fourth-order valence-corrected chi connectivity index (χ4v) is 4.60. The van der Waals surface area contributed by atoms with Crippen LogP contribution in [0.4, 0.5) is 11.5 Å². The van der Waals surface area contributed by atoms with E-state index < -0.39 is 51.5 Å². The maximum atomic E-state index is 12.3. The second-order valence-corrected chi connectivity index (χ2v) is 11.5. The molecule has 0 spiro atoms. The zero-order valence-corrected chi connectivity index (χ0v) is 24.7. The summed E-state index contributed by atoms with van der Waals surface area (Å²) in [5.74, 6) is -4.46. The van der Waals surface area contributed by atoms with E-state index in [4.69, 9.17) is 15.9 Å². The molecule has 0 radical (unpaired) electrons. The third-order valence-electron chi connectivity index (χ3n) is 6.58. The number of rotatable bonds is 10. The SMILES string of the molecule is NC1(S(=O)(=O)O)NC(=O)c2nc(CNc3ccc(C(=O)NC(CCC(=O)O)C(=O)O)cc3)cnc2N1.c1ccc2ccccc2c1. The van der Waals surface area contributed by atoms with Crippen LogP contribution in [0.15, 0.2) is 79.0 Å². The Kier molecular flexibility index (Phi) is 10.1. The van der Waals surface area contributed by atoms with Gasteiger partial charge in [0.2, 0.25) is 0 Å². The largest absolute Gasteiger partial charge is 0.481 e. The van der Waals surface area contributed by atoms with E-state index in [0.717, 1.165) is 0 Å². The first-order valence-electron chi connectivity index (χ1n) is 13.5. The highest BCUT2D eigenvalue weighted by Gasteiger charge is 2.46. The van der Waals surface area contributed by atoms with Crippen molar-refractivity contribution in [1.82, 2.24) is 20.6 Å². The van der Waals surface area contributed by atoms with Crippen LogP contribution in [0.3, 0.4) is 0 Å². The molecular formula is C29H29N7O9S. The first-order chi connectivity index (χ1) is 21.8. The quantitative estimate of drug-likeness (QED) is 0.113. The minimum atomic E-state index is -4.91. The van der Waals surface area contributed by atoms with Gasteiger partial charge in [-0.1, -0.05) is 48.5 Å². The Balaban J connectivity index is 0.000000402. The molecule has 1 aliphatic rings. The Morgan fingerprint density at radius 3 is 2.04 bits per heavy atom. The average molecular weight is 652 g/mol. The maximum absolute atomic E-state index is 12.3. The molecule has 3 aromatic carbocycles. The molecule has 1 aromatic heterocycles. The zero-order chi connectivity index (χ0) is 33.5. The molecule has 240 valence electrons. The Morgan fingerprint density at radius 2 is 1.52 bits per heavy atom. The first kappa shape index (κ1) is 33.2. The predicted molar refractivity (Wildman–Crippen MR) is 165 cm³/mol. The van der Waals surface area contributed by atoms with Gasteiger partial charge < -0.3 is 31.5 Å². The third-order valence-corrected chi connectivity index (χ3v) is 7.60. The van der Waals surface area contributed by atoms with E-state index in [0.29, 0.717) is 5.69 Å². The summed E-state index contributed by atoms with van der Waals surface area (Å²) in [6, 6.07) is 21.2. The molecule has 0 fully saturated rings. The molecule has 46 heavy (non-hydrogen) atoms. The van der Waals surface area contributed by atoms with E-state index in [2.05, 4.69) is 74.4 Å². The Hall–Kier alpha value is -5.65. The van der Waals surface area contributed by atoms with Crippen molar-refractivity contribution in [2.45, 2.75) is 30.5 Å². The molecule has 2 atom stereocenters. The van der Waals surface area contributed by atoms with E-state index in [1.807, 2.05) is 5.32 Å². The van der Waals surface area contributed by atoms with Crippen LogP contribution in [0.1, 0.15) is 39.4 Å². The van der Waals surface area contributed by atoms with E-state index in [-0.39, 0.29) is 35.7 Å². The lowest BCUT2D eigenvalue weighted by molar-refractivity contribution is -0.140. The van der Waals surface area contributed by atoms with Gasteiger partial charge in [0.25, 0.3) is 16.9 Å². The summed E-state index contributed by atoms with van der Waals surface area (Å²) in [6.07, 6.45) is 0.553. The van der Waals surface area contributed by atoms with Crippen LogP contribution in [-0.2, 0) is 26.3 Å². The number of hydrogen-bond acceptors (Lipinski definition) is 11. The van der Waals surface area contributed by atoms with Crippen LogP contribution in [0.2, 0.25) is 0 Å². The maximum Gasteiger partial charge on any atom is 0.326 e. The lowest BCUT2D eigenvalue weighted by Crippen LogP contribution is -2.68. The van der Waals surface area contributed by atoms with Gasteiger partial charge in [0, 0.05) is 17.7 Å². The van der Waals surface area contributed by atoms with Gasteiger partial charge in [-0.25, -0.2) is 14.8 Å². The lowest BCUT2D eigenvalue weighted by Gasteiger charge is -2.32. The van der Waals surface area contributed by atoms with Crippen LogP contribution in [0.25, 0.3) is 10.8 Å². The van der Waals surface area contributed by atoms with Crippen molar-refractivity contribution in [1.29, 1.82) is 0 Å². The number of fused-ring (bicyclic) bond motifs is 2. The zero-order valence-electron chi connectivity index (χ0n) is 23.9. The predicted octanol–water partition coefficient (Wildman–Crippen LogP) is 1.59. The number of aromatic nitrogens is 2. The van der Waals surface area contributed by atoms with E-state index in [1.54, 1.807) is 0 Å². The van der Waals surface area contributed by atoms with Crippen molar-refractivity contribution in [3.63, 3.8) is 0 Å². The van der Waals surface area contributed by atoms with Crippen LogP contribution >= 0.6 is 0 Å². The van der Waals surface area contributed by atoms with Crippen LogP contribution in [0.5, 0.6) is 0 Å². The summed E-state index contributed by atoms with van der Waals surface area (Å²) in [4.78, 5) is 54.4. The fourth-order valence-electron chi connectivity index (χ4n) is 4.16. The second-order valence-electron chi connectivity index (χ2n) is 9.92. The Morgan fingerprint density at radius 1 is 0.935 bits per heavy atom. The van der Waals surface area contributed by atoms with Crippen molar-refractivity contribution in [3.05, 3.63) is 95.9 Å². The van der Waals surface area contributed by atoms with Gasteiger partial charge in [-0.2, -0.15) is 8.42 Å². The lowest BCUT2D eigenvalue weighted by atomic mass is 10.1. The number of carboxylic acids is 2. The number of carbonyl (C=O) groups is 4. The number of nitrogens with zero attached hydrogens (tertiary/aromatic N) is 2.